The Kier molecular flexibility index (Phi) is 9.76. The third-order valence-electron chi connectivity index (χ3n) is 7.06. The number of aliphatic hydroxyl groups is 1. The zero-order valence-corrected chi connectivity index (χ0v) is 17.4. The molecule has 3 unspecified atom stereocenters. The number of carbonyl (C=O) groups is 2. The minimum atomic E-state index is -1.61. The quantitative estimate of drug-likeness (QED) is 0.304. The maximum atomic E-state index is 10.8. The summed E-state index contributed by atoms with van der Waals surface area (Å²) < 4.78 is 0. The standard InChI is InChI=1S/C23H40O5/c24-21(25)16-23(28,17-22(26)27)13-9-7-5-3-1-2-4-6-8-10-19-14-18-11-12-20(19)15-18/h18-20,28H,1-17H2,(H,24,25)(H,26,27). The third kappa shape index (κ3) is 8.50. The van der Waals surface area contributed by atoms with E-state index in [1.165, 1.54) is 70.6 Å². The molecular weight excluding hydrogens is 356 g/mol. The predicted octanol–water partition coefficient (Wildman–Crippen LogP) is 5.39. The Morgan fingerprint density at radius 3 is 1.75 bits per heavy atom. The van der Waals surface area contributed by atoms with E-state index in [-0.39, 0.29) is 6.42 Å². The van der Waals surface area contributed by atoms with Crippen LogP contribution in [0.2, 0.25) is 0 Å². The minimum Gasteiger partial charge on any atom is -0.481 e. The van der Waals surface area contributed by atoms with Crippen molar-refractivity contribution in [2.45, 2.75) is 115 Å². The van der Waals surface area contributed by atoms with Crippen molar-refractivity contribution in [3.05, 3.63) is 0 Å². The van der Waals surface area contributed by atoms with Crippen molar-refractivity contribution >= 4 is 11.9 Å². The summed E-state index contributed by atoms with van der Waals surface area (Å²) in [6, 6.07) is 0. The van der Waals surface area contributed by atoms with Crippen LogP contribution < -0.4 is 0 Å². The van der Waals surface area contributed by atoms with E-state index >= 15 is 0 Å². The van der Waals surface area contributed by atoms with Crippen molar-refractivity contribution in [2.24, 2.45) is 17.8 Å². The topological polar surface area (TPSA) is 94.8 Å². The highest BCUT2D eigenvalue weighted by Gasteiger charge is 2.38. The molecule has 0 spiro atoms. The van der Waals surface area contributed by atoms with Crippen molar-refractivity contribution in [1.82, 2.24) is 0 Å². The smallest absolute Gasteiger partial charge is 0.306 e. The van der Waals surface area contributed by atoms with Gasteiger partial charge in [0.05, 0.1) is 18.4 Å². The molecule has 0 aromatic heterocycles. The molecule has 2 aliphatic rings. The molecule has 0 aromatic rings. The second kappa shape index (κ2) is 11.8. The lowest BCUT2D eigenvalue weighted by Gasteiger charge is -2.24. The Balaban J connectivity index is 1.40. The zero-order valence-electron chi connectivity index (χ0n) is 17.4. The van der Waals surface area contributed by atoms with Gasteiger partial charge in [0.2, 0.25) is 0 Å². The van der Waals surface area contributed by atoms with Crippen molar-refractivity contribution in [1.29, 1.82) is 0 Å². The molecule has 0 radical (unpaired) electrons. The average Bonchev–Trinajstić information content (AvgIpc) is 3.21. The van der Waals surface area contributed by atoms with Crippen LogP contribution in [0.5, 0.6) is 0 Å². The fraction of sp³-hybridized carbons (Fsp3) is 0.913. The van der Waals surface area contributed by atoms with Gasteiger partial charge in [-0.3, -0.25) is 9.59 Å². The van der Waals surface area contributed by atoms with Gasteiger partial charge in [-0.15, -0.1) is 0 Å². The molecule has 0 aliphatic heterocycles. The lowest BCUT2D eigenvalue weighted by molar-refractivity contribution is -0.149. The Morgan fingerprint density at radius 1 is 0.750 bits per heavy atom. The number of carboxylic acid groups (broad SMARTS) is 2. The number of rotatable bonds is 16. The number of unbranched alkanes of at least 4 members (excludes halogenated alkanes) is 8. The van der Waals surface area contributed by atoms with E-state index in [1.807, 2.05) is 0 Å². The molecule has 3 atom stereocenters. The first kappa shape index (κ1) is 23.2. The maximum Gasteiger partial charge on any atom is 0.306 e. The number of carboxylic acids is 2. The van der Waals surface area contributed by atoms with Crippen LogP contribution in [0.4, 0.5) is 0 Å². The molecule has 2 bridgehead atoms. The van der Waals surface area contributed by atoms with Crippen molar-refractivity contribution in [2.75, 3.05) is 0 Å². The molecule has 2 saturated carbocycles. The Labute approximate surface area is 169 Å². The first-order chi connectivity index (χ1) is 13.4. The molecule has 0 amide bonds. The van der Waals surface area contributed by atoms with Gasteiger partial charge in [0.25, 0.3) is 0 Å². The van der Waals surface area contributed by atoms with Crippen molar-refractivity contribution in [3.8, 4) is 0 Å². The van der Waals surface area contributed by atoms with Crippen LogP contribution in [0.25, 0.3) is 0 Å². The van der Waals surface area contributed by atoms with E-state index in [0.29, 0.717) is 6.42 Å². The summed E-state index contributed by atoms with van der Waals surface area (Å²) in [7, 11) is 0. The largest absolute Gasteiger partial charge is 0.481 e. The van der Waals surface area contributed by atoms with Crippen LogP contribution in [0, 0.1) is 17.8 Å². The molecule has 162 valence electrons. The highest BCUT2D eigenvalue weighted by molar-refractivity contribution is 5.72. The van der Waals surface area contributed by atoms with Gasteiger partial charge in [0, 0.05) is 0 Å². The van der Waals surface area contributed by atoms with Gasteiger partial charge in [0.1, 0.15) is 0 Å². The minimum absolute atomic E-state index is 0.245. The summed E-state index contributed by atoms with van der Waals surface area (Å²) in [5.41, 5.74) is -1.61. The average molecular weight is 397 g/mol. The van der Waals surface area contributed by atoms with Crippen molar-refractivity contribution in [3.63, 3.8) is 0 Å². The maximum absolute atomic E-state index is 10.8. The van der Waals surface area contributed by atoms with Gasteiger partial charge >= 0.3 is 11.9 Å². The fourth-order valence-corrected chi connectivity index (χ4v) is 5.63. The van der Waals surface area contributed by atoms with Crippen LogP contribution in [-0.2, 0) is 9.59 Å². The lowest BCUT2D eigenvalue weighted by atomic mass is 9.85. The Morgan fingerprint density at radius 2 is 1.29 bits per heavy atom. The molecule has 0 heterocycles. The zero-order chi connectivity index (χ0) is 20.4. The van der Waals surface area contributed by atoms with Crippen LogP contribution in [-0.4, -0.2) is 32.9 Å². The summed E-state index contributed by atoms with van der Waals surface area (Å²) in [5, 5.41) is 27.9. The summed E-state index contributed by atoms with van der Waals surface area (Å²) in [4.78, 5) is 21.7. The molecule has 2 fully saturated rings. The van der Waals surface area contributed by atoms with Gasteiger partial charge in [-0.1, -0.05) is 70.6 Å². The highest BCUT2D eigenvalue weighted by atomic mass is 16.4. The SMILES string of the molecule is O=C(O)CC(O)(CCCCCCCCCCCC1CC2CCC1C2)CC(=O)O. The van der Waals surface area contributed by atoms with Gasteiger partial charge < -0.3 is 15.3 Å². The monoisotopic (exact) mass is 396 g/mol. The van der Waals surface area contributed by atoms with E-state index in [2.05, 4.69) is 0 Å². The Bertz CT molecular complexity index is 473. The van der Waals surface area contributed by atoms with E-state index in [9.17, 15) is 14.7 Å². The predicted molar refractivity (Wildman–Crippen MR) is 109 cm³/mol. The number of hydrogen-bond acceptors (Lipinski definition) is 3. The highest BCUT2D eigenvalue weighted by Crippen LogP contribution is 2.50. The third-order valence-corrected chi connectivity index (χ3v) is 7.06. The van der Waals surface area contributed by atoms with Gasteiger partial charge in [-0.2, -0.15) is 0 Å². The molecule has 0 aromatic carbocycles. The summed E-state index contributed by atoms with van der Waals surface area (Å²) in [6.07, 6.45) is 17.2. The Hall–Kier alpha value is -1.10. The van der Waals surface area contributed by atoms with E-state index < -0.39 is 30.4 Å². The van der Waals surface area contributed by atoms with Crippen LogP contribution in [0.3, 0.4) is 0 Å². The summed E-state index contributed by atoms with van der Waals surface area (Å²) in [6.45, 7) is 0. The number of fused-ring (bicyclic) bond motifs is 2. The number of aliphatic carboxylic acids is 2. The van der Waals surface area contributed by atoms with Gasteiger partial charge in [-0.05, 0) is 43.4 Å². The van der Waals surface area contributed by atoms with E-state index in [1.54, 1.807) is 0 Å². The lowest BCUT2D eigenvalue weighted by Crippen LogP contribution is -2.34. The van der Waals surface area contributed by atoms with Gasteiger partial charge in [-0.25, -0.2) is 0 Å². The molecule has 28 heavy (non-hydrogen) atoms. The molecule has 3 N–H and O–H groups in total. The van der Waals surface area contributed by atoms with Crippen LogP contribution >= 0.6 is 0 Å². The summed E-state index contributed by atoms with van der Waals surface area (Å²) >= 11 is 0. The van der Waals surface area contributed by atoms with Crippen molar-refractivity contribution < 1.29 is 24.9 Å². The molecular formula is C23H40O5. The van der Waals surface area contributed by atoms with E-state index in [0.717, 1.165) is 30.6 Å². The van der Waals surface area contributed by atoms with Crippen LogP contribution in [0.15, 0.2) is 0 Å². The van der Waals surface area contributed by atoms with Gasteiger partial charge in [0.15, 0.2) is 0 Å². The molecule has 5 heteroatoms. The molecule has 0 saturated heterocycles. The second-order valence-corrected chi connectivity index (χ2v) is 9.52. The van der Waals surface area contributed by atoms with E-state index in [4.69, 9.17) is 10.2 Å². The first-order valence-electron chi connectivity index (χ1n) is 11.5. The molecule has 2 rings (SSSR count). The second-order valence-electron chi connectivity index (χ2n) is 9.52. The fourth-order valence-electron chi connectivity index (χ4n) is 5.63. The van der Waals surface area contributed by atoms with Crippen LogP contribution in [0.1, 0.15) is 109 Å². The molecule has 2 aliphatic carbocycles. The number of hydrogen-bond donors (Lipinski definition) is 3. The first-order valence-corrected chi connectivity index (χ1v) is 11.5. The summed E-state index contributed by atoms with van der Waals surface area (Å²) in [5.74, 6) is 0.876. The molecule has 5 nitrogen and oxygen atoms in total. The normalized spacial score (nSPS) is 24.0.